The van der Waals surface area contributed by atoms with E-state index in [1.807, 2.05) is 0 Å². The zero-order chi connectivity index (χ0) is 7.28. The second kappa shape index (κ2) is 4.27. The van der Waals surface area contributed by atoms with Crippen LogP contribution in [0.15, 0.2) is 12.7 Å². The van der Waals surface area contributed by atoms with Gasteiger partial charge in [0.05, 0.1) is 6.61 Å². The first-order valence-corrected chi connectivity index (χ1v) is 2.94. The molecular weight excluding hydrogens is 116 g/mol. The van der Waals surface area contributed by atoms with Crippen LogP contribution in [-0.4, -0.2) is 17.5 Å². The van der Waals surface area contributed by atoms with Crippen LogP contribution in [0.3, 0.4) is 0 Å². The predicted molar refractivity (Wildman–Crippen MR) is 36.1 cm³/mol. The Hall–Kier alpha value is -0.630. The summed E-state index contributed by atoms with van der Waals surface area (Å²) < 4.78 is 0. The van der Waals surface area contributed by atoms with E-state index in [2.05, 4.69) is 6.58 Å². The van der Waals surface area contributed by atoms with Crippen LogP contribution in [-0.2, 0) is 4.79 Å². The number of hydrogen-bond acceptors (Lipinski definition) is 2. The summed E-state index contributed by atoms with van der Waals surface area (Å²) in [5.74, 6) is -0.208. The van der Waals surface area contributed by atoms with Gasteiger partial charge in [0, 0.05) is 5.92 Å². The van der Waals surface area contributed by atoms with Crippen molar-refractivity contribution in [3.8, 4) is 0 Å². The van der Waals surface area contributed by atoms with Gasteiger partial charge >= 0.3 is 0 Å². The van der Waals surface area contributed by atoms with E-state index in [9.17, 15) is 4.79 Å². The molecule has 0 radical (unpaired) electrons. The topological polar surface area (TPSA) is 37.3 Å². The van der Waals surface area contributed by atoms with E-state index in [0.29, 0.717) is 6.42 Å². The monoisotopic (exact) mass is 128 g/mol. The van der Waals surface area contributed by atoms with Crippen molar-refractivity contribution in [1.82, 2.24) is 0 Å². The fourth-order valence-electron chi connectivity index (χ4n) is 0.570. The first kappa shape index (κ1) is 8.37. The molecule has 0 heterocycles. The molecule has 0 saturated carbocycles. The maximum absolute atomic E-state index is 10.6. The van der Waals surface area contributed by atoms with E-state index in [1.165, 1.54) is 6.92 Å². The van der Waals surface area contributed by atoms with Gasteiger partial charge in [-0.05, 0) is 13.3 Å². The summed E-state index contributed by atoms with van der Waals surface area (Å²) in [5, 5.41) is 8.56. The quantitative estimate of drug-likeness (QED) is 0.567. The minimum atomic E-state index is -0.234. The van der Waals surface area contributed by atoms with Crippen molar-refractivity contribution in [2.24, 2.45) is 5.92 Å². The fourth-order valence-corrected chi connectivity index (χ4v) is 0.570. The summed E-state index contributed by atoms with van der Waals surface area (Å²) in [5.41, 5.74) is 0. The standard InChI is InChI=1S/C7H12O2/c1-3-4-7(5-8)6(2)9/h3,7-8H,1,4-5H2,2H3. The van der Waals surface area contributed by atoms with Gasteiger partial charge in [-0.15, -0.1) is 6.58 Å². The van der Waals surface area contributed by atoms with Crippen molar-refractivity contribution in [1.29, 1.82) is 0 Å². The van der Waals surface area contributed by atoms with Gasteiger partial charge in [0.25, 0.3) is 0 Å². The molecule has 9 heavy (non-hydrogen) atoms. The minimum absolute atomic E-state index is 0.0254. The Morgan fingerprint density at radius 2 is 2.44 bits per heavy atom. The van der Waals surface area contributed by atoms with E-state index >= 15 is 0 Å². The Kier molecular flexibility index (Phi) is 3.97. The second-order valence-electron chi connectivity index (χ2n) is 2.01. The Balaban J connectivity index is 3.67. The highest BCUT2D eigenvalue weighted by atomic mass is 16.3. The molecule has 0 aromatic heterocycles. The van der Waals surface area contributed by atoms with Gasteiger partial charge in [0.1, 0.15) is 5.78 Å². The van der Waals surface area contributed by atoms with Gasteiger partial charge in [-0.1, -0.05) is 6.08 Å². The molecule has 1 unspecified atom stereocenters. The molecule has 0 aliphatic rings. The smallest absolute Gasteiger partial charge is 0.135 e. The van der Waals surface area contributed by atoms with E-state index in [1.54, 1.807) is 6.08 Å². The lowest BCUT2D eigenvalue weighted by molar-refractivity contribution is -0.121. The van der Waals surface area contributed by atoms with Crippen LogP contribution in [0, 0.1) is 5.92 Å². The maximum atomic E-state index is 10.6. The van der Waals surface area contributed by atoms with Gasteiger partial charge in [-0.3, -0.25) is 4.79 Å². The van der Waals surface area contributed by atoms with Gasteiger partial charge in [-0.25, -0.2) is 0 Å². The van der Waals surface area contributed by atoms with Crippen molar-refractivity contribution in [2.75, 3.05) is 6.61 Å². The highest BCUT2D eigenvalue weighted by Crippen LogP contribution is 2.02. The molecule has 0 aromatic carbocycles. The van der Waals surface area contributed by atoms with Gasteiger partial charge < -0.3 is 5.11 Å². The van der Waals surface area contributed by atoms with Crippen LogP contribution >= 0.6 is 0 Å². The molecule has 0 spiro atoms. The first-order chi connectivity index (χ1) is 4.22. The predicted octanol–water partition coefficient (Wildman–Crippen LogP) is 0.760. The minimum Gasteiger partial charge on any atom is -0.396 e. The summed E-state index contributed by atoms with van der Waals surface area (Å²) in [6.07, 6.45) is 2.22. The molecule has 0 saturated heterocycles. The van der Waals surface area contributed by atoms with Crippen molar-refractivity contribution in [3.63, 3.8) is 0 Å². The Morgan fingerprint density at radius 1 is 1.89 bits per heavy atom. The van der Waals surface area contributed by atoms with Crippen LogP contribution in [0.2, 0.25) is 0 Å². The highest BCUT2D eigenvalue weighted by Gasteiger charge is 2.09. The van der Waals surface area contributed by atoms with Gasteiger partial charge in [0.2, 0.25) is 0 Å². The second-order valence-corrected chi connectivity index (χ2v) is 2.01. The van der Waals surface area contributed by atoms with Crippen molar-refractivity contribution >= 4 is 5.78 Å². The molecule has 2 nitrogen and oxygen atoms in total. The number of carbonyl (C=O) groups excluding carboxylic acids is 1. The molecular formula is C7H12O2. The molecule has 52 valence electrons. The average molecular weight is 128 g/mol. The first-order valence-electron chi connectivity index (χ1n) is 2.94. The normalized spacial score (nSPS) is 12.7. The molecule has 0 aliphatic heterocycles. The molecule has 0 amide bonds. The van der Waals surface area contributed by atoms with E-state index in [-0.39, 0.29) is 18.3 Å². The average Bonchev–Trinajstić information content (AvgIpc) is 1.82. The zero-order valence-electron chi connectivity index (χ0n) is 5.63. The number of hydrogen-bond donors (Lipinski definition) is 1. The summed E-state index contributed by atoms with van der Waals surface area (Å²) in [4.78, 5) is 10.6. The van der Waals surface area contributed by atoms with Gasteiger partial charge in [0.15, 0.2) is 0 Å². The Bertz CT molecular complexity index is 107. The van der Waals surface area contributed by atoms with Crippen LogP contribution in [0.5, 0.6) is 0 Å². The van der Waals surface area contributed by atoms with Crippen LogP contribution in [0.25, 0.3) is 0 Å². The molecule has 1 atom stereocenters. The maximum Gasteiger partial charge on any atom is 0.135 e. The van der Waals surface area contributed by atoms with Crippen LogP contribution in [0.4, 0.5) is 0 Å². The largest absolute Gasteiger partial charge is 0.396 e. The van der Waals surface area contributed by atoms with Crippen LogP contribution < -0.4 is 0 Å². The number of ketones is 1. The molecule has 0 rings (SSSR count). The number of aliphatic hydroxyl groups excluding tert-OH is 1. The van der Waals surface area contributed by atoms with E-state index in [0.717, 1.165) is 0 Å². The van der Waals surface area contributed by atoms with E-state index in [4.69, 9.17) is 5.11 Å². The molecule has 0 bridgehead atoms. The third-order valence-corrected chi connectivity index (χ3v) is 1.25. The fraction of sp³-hybridized carbons (Fsp3) is 0.571. The number of rotatable bonds is 4. The summed E-state index contributed by atoms with van der Waals surface area (Å²) in [6, 6.07) is 0. The SMILES string of the molecule is C=CCC(CO)C(C)=O. The summed E-state index contributed by atoms with van der Waals surface area (Å²) >= 11 is 0. The molecule has 1 N–H and O–H groups in total. The van der Waals surface area contributed by atoms with Crippen molar-refractivity contribution in [2.45, 2.75) is 13.3 Å². The number of carbonyl (C=O) groups is 1. The third kappa shape index (κ3) is 3.03. The highest BCUT2D eigenvalue weighted by molar-refractivity contribution is 5.78. The van der Waals surface area contributed by atoms with E-state index < -0.39 is 0 Å². The van der Waals surface area contributed by atoms with Gasteiger partial charge in [-0.2, -0.15) is 0 Å². The van der Waals surface area contributed by atoms with Crippen molar-refractivity contribution in [3.05, 3.63) is 12.7 Å². The number of Topliss-reactive ketones (excluding diaryl/α,β-unsaturated/α-hetero) is 1. The third-order valence-electron chi connectivity index (χ3n) is 1.25. The Labute approximate surface area is 55.2 Å². The lowest BCUT2D eigenvalue weighted by Crippen LogP contribution is -2.13. The molecule has 0 aliphatic carbocycles. The molecule has 0 aromatic rings. The molecule has 0 fully saturated rings. The lowest BCUT2D eigenvalue weighted by atomic mass is 10.0. The molecule has 2 heteroatoms. The number of allylic oxidation sites excluding steroid dienone is 1. The lowest BCUT2D eigenvalue weighted by Gasteiger charge is -2.04. The summed E-state index contributed by atoms with van der Waals surface area (Å²) in [7, 11) is 0. The zero-order valence-corrected chi connectivity index (χ0v) is 5.63. The van der Waals surface area contributed by atoms with Crippen LogP contribution in [0.1, 0.15) is 13.3 Å². The summed E-state index contributed by atoms with van der Waals surface area (Å²) in [6.45, 7) is 4.88. The Morgan fingerprint density at radius 3 is 2.56 bits per heavy atom. The van der Waals surface area contributed by atoms with Crippen molar-refractivity contribution < 1.29 is 9.90 Å². The number of aliphatic hydroxyl groups is 1.